The molecule has 1 aromatic carbocycles. The fourth-order valence-electron chi connectivity index (χ4n) is 1.23. The van der Waals surface area contributed by atoms with Gasteiger partial charge in [-0.3, -0.25) is 0 Å². The van der Waals surface area contributed by atoms with Crippen molar-refractivity contribution in [3.8, 4) is 0 Å². The molecular weight excluding hydrogens is 208 g/mol. The normalized spacial score (nSPS) is 23.4. The Morgan fingerprint density at radius 1 is 1.31 bits per heavy atom. The molecule has 4 heteroatoms. The van der Waals surface area contributed by atoms with Crippen molar-refractivity contribution in [3.05, 3.63) is 35.9 Å². The van der Waals surface area contributed by atoms with Crippen molar-refractivity contribution < 1.29 is 19.7 Å². The number of carboxylic acid groups (broad SMARTS) is 1. The zero-order chi connectivity index (χ0) is 12.0. The van der Waals surface area contributed by atoms with Crippen molar-refractivity contribution in [3.63, 3.8) is 0 Å². The van der Waals surface area contributed by atoms with E-state index in [1.165, 1.54) is 0 Å². The van der Waals surface area contributed by atoms with Gasteiger partial charge in [-0.2, -0.15) is 0 Å². The second-order valence-electron chi connectivity index (χ2n) is 3.75. The number of ether oxygens (including phenoxy) is 1. The summed E-state index contributed by atoms with van der Waals surface area (Å²) in [7, 11) is 0. The Bertz CT molecular complexity index is 315. The van der Waals surface area contributed by atoms with Gasteiger partial charge in [0.05, 0.1) is 24.9 Å². The summed E-state index contributed by atoms with van der Waals surface area (Å²) in [5, 5.41) is 17.3. The van der Waals surface area contributed by atoms with Gasteiger partial charge >= 0.3 is 5.97 Å². The predicted molar refractivity (Wildman–Crippen MR) is 59.4 cm³/mol. The molecule has 2 N–H and O–H groups in total. The Morgan fingerprint density at radius 3 is 2.19 bits per heavy atom. The maximum atomic E-state index is 10.2. The first-order valence-electron chi connectivity index (χ1n) is 5.15. The third-order valence-corrected chi connectivity index (χ3v) is 2.35. The number of aliphatic hydroxyl groups is 1. The van der Waals surface area contributed by atoms with E-state index in [2.05, 4.69) is 0 Å². The summed E-state index contributed by atoms with van der Waals surface area (Å²) in [6.45, 7) is 3.24. The summed E-state index contributed by atoms with van der Waals surface area (Å²) in [6.07, 6.45) is -0.208. The lowest BCUT2D eigenvalue weighted by atomic mass is 10.1. The van der Waals surface area contributed by atoms with E-state index >= 15 is 0 Å². The molecule has 0 spiro atoms. The van der Waals surface area contributed by atoms with Crippen LogP contribution in [-0.4, -0.2) is 35.5 Å². The minimum atomic E-state index is -0.879. The SMILES string of the molecule is C[C@H]1COC[C@H]1O.O=C(O)c1ccccc1. The van der Waals surface area contributed by atoms with Crippen LogP contribution in [0.2, 0.25) is 0 Å². The summed E-state index contributed by atoms with van der Waals surface area (Å²) in [5.74, 6) is -0.532. The van der Waals surface area contributed by atoms with Crippen molar-refractivity contribution in [1.29, 1.82) is 0 Å². The molecule has 1 heterocycles. The Kier molecular flexibility index (Phi) is 4.95. The smallest absolute Gasteiger partial charge is 0.335 e. The molecule has 0 bridgehead atoms. The lowest BCUT2D eigenvalue weighted by molar-refractivity contribution is 0.0697. The molecule has 0 saturated carbocycles. The zero-order valence-electron chi connectivity index (χ0n) is 9.17. The molecule has 1 aliphatic rings. The van der Waals surface area contributed by atoms with Gasteiger partial charge in [-0.25, -0.2) is 4.79 Å². The summed E-state index contributed by atoms with van der Waals surface area (Å²) in [4.78, 5) is 10.2. The standard InChI is InChI=1S/C7H6O2.C5H10O2/c8-7(9)6-4-2-1-3-5-6;1-4-2-7-3-5(4)6/h1-5H,(H,8,9);4-6H,2-3H2,1H3/t;4-,5+/m.0/s1. The van der Waals surface area contributed by atoms with Gasteiger partial charge in [-0.1, -0.05) is 25.1 Å². The number of carboxylic acids is 1. The molecule has 0 aromatic heterocycles. The van der Waals surface area contributed by atoms with Crippen LogP contribution in [0.25, 0.3) is 0 Å². The summed E-state index contributed by atoms with van der Waals surface area (Å²) in [6, 6.07) is 8.30. The van der Waals surface area contributed by atoms with Gasteiger partial charge in [0.25, 0.3) is 0 Å². The van der Waals surface area contributed by atoms with Crippen molar-refractivity contribution in [1.82, 2.24) is 0 Å². The molecule has 0 radical (unpaired) electrons. The second-order valence-corrected chi connectivity index (χ2v) is 3.75. The number of benzene rings is 1. The number of aliphatic hydroxyl groups excluding tert-OH is 1. The van der Waals surface area contributed by atoms with Crippen LogP contribution in [-0.2, 0) is 4.74 Å². The number of rotatable bonds is 1. The first-order valence-corrected chi connectivity index (χ1v) is 5.15. The van der Waals surface area contributed by atoms with E-state index in [1.54, 1.807) is 30.3 Å². The highest BCUT2D eigenvalue weighted by Crippen LogP contribution is 2.10. The summed E-state index contributed by atoms with van der Waals surface area (Å²) >= 11 is 0. The van der Waals surface area contributed by atoms with Crippen LogP contribution in [0.1, 0.15) is 17.3 Å². The van der Waals surface area contributed by atoms with E-state index in [1.807, 2.05) is 6.92 Å². The molecule has 4 nitrogen and oxygen atoms in total. The van der Waals surface area contributed by atoms with Gasteiger partial charge in [0.1, 0.15) is 0 Å². The number of aromatic carboxylic acids is 1. The second kappa shape index (κ2) is 6.25. The molecule has 0 unspecified atom stereocenters. The van der Waals surface area contributed by atoms with Crippen LogP contribution in [0, 0.1) is 5.92 Å². The van der Waals surface area contributed by atoms with Crippen LogP contribution >= 0.6 is 0 Å². The topological polar surface area (TPSA) is 66.8 Å². The average Bonchev–Trinajstić information content (AvgIpc) is 2.65. The average molecular weight is 224 g/mol. The maximum absolute atomic E-state index is 10.2. The van der Waals surface area contributed by atoms with E-state index < -0.39 is 5.97 Å². The molecule has 0 amide bonds. The van der Waals surface area contributed by atoms with Crippen molar-refractivity contribution in [2.24, 2.45) is 5.92 Å². The Morgan fingerprint density at radius 2 is 1.94 bits per heavy atom. The minimum absolute atomic E-state index is 0.208. The highest BCUT2D eigenvalue weighted by Gasteiger charge is 2.20. The van der Waals surface area contributed by atoms with E-state index in [9.17, 15) is 4.79 Å². The molecule has 1 saturated heterocycles. The number of hydrogen-bond donors (Lipinski definition) is 2. The maximum Gasteiger partial charge on any atom is 0.335 e. The van der Waals surface area contributed by atoms with Gasteiger partial charge in [0.2, 0.25) is 0 Å². The Labute approximate surface area is 94.5 Å². The van der Waals surface area contributed by atoms with E-state index in [0.717, 1.165) is 6.61 Å². The Balaban J connectivity index is 0.000000165. The van der Waals surface area contributed by atoms with Gasteiger partial charge in [0.15, 0.2) is 0 Å². The fourth-order valence-corrected chi connectivity index (χ4v) is 1.23. The summed E-state index contributed by atoms with van der Waals surface area (Å²) in [5.41, 5.74) is 0.331. The van der Waals surface area contributed by atoms with E-state index in [-0.39, 0.29) is 6.10 Å². The van der Waals surface area contributed by atoms with Gasteiger partial charge in [0, 0.05) is 5.92 Å². The number of carbonyl (C=O) groups is 1. The quantitative estimate of drug-likeness (QED) is 0.756. The molecule has 16 heavy (non-hydrogen) atoms. The van der Waals surface area contributed by atoms with Crippen LogP contribution < -0.4 is 0 Å². The third-order valence-electron chi connectivity index (χ3n) is 2.35. The minimum Gasteiger partial charge on any atom is -0.478 e. The number of hydrogen-bond acceptors (Lipinski definition) is 3. The molecule has 1 fully saturated rings. The van der Waals surface area contributed by atoms with Crippen molar-refractivity contribution in [2.75, 3.05) is 13.2 Å². The van der Waals surface area contributed by atoms with Gasteiger partial charge < -0.3 is 14.9 Å². The van der Waals surface area contributed by atoms with Gasteiger partial charge in [-0.15, -0.1) is 0 Å². The first kappa shape index (κ1) is 12.7. The molecule has 2 atom stereocenters. The zero-order valence-corrected chi connectivity index (χ0v) is 9.17. The van der Waals surface area contributed by atoms with Crippen LogP contribution in [0.5, 0.6) is 0 Å². The highest BCUT2D eigenvalue weighted by atomic mass is 16.5. The fraction of sp³-hybridized carbons (Fsp3) is 0.417. The van der Waals surface area contributed by atoms with E-state index in [0.29, 0.717) is 18.1 Å². The van der Waals surface area contributed by atoms with Crippen LogP contribution in [0.4, 0.5) is 0 Å². The third kappa shape index (κ3) is 4.00. The molecular formula is C12H16O4. The molecule has 1 aromatic rings. The lowest BCUT2D eigenvalue weighted by Crippen LogP contribution is -2.13. The monoisotopic (exact) mass is 224 g/mol. The van der Waals surface area contributed by atoms with Gasteiger partial charge in [-0.05, 0) is 12.1 Å². The van der Waals surface area contributed by atoms with Crippen molar-refractivity contribution in [2.45, 2.75) is 13.0 Å². The molecule has 1 aliphatic heterocycles. The first-order chi connectivity index (χ1) is 7.61. The molecule has 88 valence electrons. The largest absolute Gasteiger partial charge is 0.478 e. The predicted octanol–water partition coefficient (Wildman–Crippen LogP) is 1.40. The van der Waals surface area contributed by atoms with E-state index in [4.69, 9.17) is 14.9 Å². The molecule has 2 rings (SSSR count). The van der Waals surface area contributed by atoms with Crippen molar-refractivity contribution >= 4 is 5.97 Å². The summed E-state index contributed by atoms with van der Waals surface area (Å²) < 4.78 is 4.92. The van der Waals surface area contributed by atoms with Crippen LogP contribution in [0.3, 0.4) is 0 Å². The highest BCUT2D eigenvalue weighted by molar-refractivity contribution is 5.87. The Hall–Kier alpha value is -1.39. The lowest BCUT2D eigenvalue weighted by Gasteiger charge is -2.00. The molecule has 0 aliphatic carbocycles. The van der Waals surface area contributed by atoms with Crippen LogP contribution in [0.15, 0.2) is 30.3 Å².